The van der Waals surface area contributed by atoms with Crippen LogP contribution in [0.1, 0.15) is 5.69 Å². The molecular weight excluding hydrogens is 218 g/mol. The van der Waals surface area contributed by atoms with Crippen molar-refractivity contribution in [3.63, 3.8) is 0 Å². The molecule has 2 aromatic rings. The molecule has 1 aromatic heterocycles. The van der Waals surface area contributed by atoms with Crippen LogP contribution in [0.2, 0.25) is 0 Å². The Morgan fingerprint density at radius 3 is 2.76 bits per heavy atom. The van der Waals surface area contributed by atoms with Gasteiger partial charge in [0.25, 0.3) is 12.1 Å². The molecule has 3 rings (SSSR count). The van der Waals surface area contributed by atoms with Gasteiger partial charge in [-0.3, -0.25) is 0 Å². The number of hydrogen-bond acceptors (Lipinski definition) is 3. The van der Waals surface area contributed by atoms with Crippen molar-refractivity contribution in [1.29, 1.82) is 0 Å². The molecule has 0 saturated carbocycles. The maximum absolute atomic E-state index is 11.7. The molecule has 17 heavy (non-hydrogen) atoms. The summed E-state index contributed by atoms with van der Waals surface area (Å²) < 4.78 is 3.68. The van der Waals surface area contributed by atoms with E-state index < -0.39 is 0 Å². The predicted octanol–water partition coefficient (Wildman–Crippen LogP) is 1.52. The fourth-order valence-corrected chi connectivity index (χ4v) is 1.92. The van der Waals surface area contributed by atoms with Crippen LogP contribution >= 0.6 is 0 Å². The van der Waals surface area contributed by atoms with Gasteiger partial charge in [-0.05, 0) is 12.1 Å². The second-order valence-electron chi connectivity index (χ2n) is 3.81. The maximum Gasteiger partial charge on any atom is 0.273 e. The Morgan fingerprint density at radius 2 is 2.00 bits per heavy atom. The smallest absolute Gasteiger partial charge is 0.273 e. The number of anilines is 1. The zero-order chi connectivity index (χ0) is 11.8. The van der Waals surface area contributed by atoms with Crippen molar-refractivity contribution < 1.29 is 9.40 Å². The molecule has 0 fully saturated rings. The maximum atomic E-state index is 11.7. The van der Waals surface area contributed by atoms with Crippen LogP contribution in [-0.4, -0.2) is 4.57 Å². The van der Waals surface area contributed by atoms with Crippen LogP contribution in [0.3, 0.4) is 0 Å². The van der Waals surface area contributed by atoms with E-state index in [1.807, 2.05) is 48.3 Å². The van der Waals surface area contributed by atoms with Gasteiger partial charge in [0.1, 0.15) is 11.9 Å². The molecular formula is C12H11N3O2. The molecule has 0 saturated heterocycles. The zero-order valence-corrected chi connectivity index (χ0v) is 9.28. The van der Waals surface area contributed by atoms with Gasteiger partial charge in [-0.15, -0.1) is 0 Å². The van der Waals surface area contributed by atoms with Crippen molar-refractivity contribution in [3.05, 3.63) is 53.8 Å². The number of hydrogen-bond donors (Lipinski definition) is 0. The lowest BCUT2D eigenvalue weighted by atomic mass is 10.3. The van der Waals surface area contributed by atoms with Gasteiger partial charge in [0, 0.05) is 6.08 Å². The van der Waals surface area contributed by atoms with E-state index in [-0.39, 0.29) is 0 Å². The van der Waals surface area contributed by atoms with Crippen molar-refractivity contribution in [2.45, 2.75) is 0 Å². The molecule has 86 valence electrons. The summed E-state index contributed by atoms with van der Waals surface area (Å²) >= 11 is 0. The molecule has 5 nitrogen and oxygen atoms in total. The van der Waals surface area contributed by atoms with Gasteiger partial charge in [-0.1, -0.05) is 18.2 Å². The number of imidazole rings is 1. The molecule has 0 radical (unpaired) electrons. The Hall–Kier alpha value is -2.27. The van der Waals surface area contributed by atoms with E-state index in [4.69, 9.17) is 4.84 Å². The van der Waals surface area contributed by atoms with Gasteiger partial charge < -0.3 is 10.0 Å². The summed E-state index contributed by atoms with van der Waals surface area (Å²) in [7, 11) is 1.89. The third-order valence-electron chi connectivity index (χ3n) is 2.72. The Bertz CT molecular complexity index is 575. The van der Waals surface area contributed by atoms with E-state index in [0.29, 0.717) is 11.0 Å². The number of aromatic nitrogens is 2. The average Bonchev–Trinajstić information content (AvgIpc) is 2.70. The standard InChI is InChI=1S/C12H11N3O2/c1-13-9-14(10-5-3-2-4-6-10)12-11(13)7-8-17-15(12)16/h2-9H,1H3. The molecule has 1 aliphatic rings. The molecule has 0 atom stereocenters. The molecule has 0 aliphatic carbocycles. The number of para-hydroxylation sites is 1. The molecule has 0 N–H and O–H groups in total. The number of nitrogens with zero attached hydrogens (tertiary/aromatic N) is 3. The van der Waals surface area contributed by atoms with Crippen LogP contribution in [0.4, 0.5) is 5.82 Å². The summed E-state index contributed by atoms with van der Waals surface area (Å²) in [5.41, 5.74) is 1.74. The van der Waals surface area contributed by atoms with Crippen molar-refractivity contribution in [3.8, 4) is 5.69 Å². The largest absolute Gasteiger partial charge is 0.721 e. The Kier molecular flexibility index (Phi) is 2.12. The van der Waals surface area contributed by atoms with Crippen LogP contribution in [0.25, 0.3) is 11.8 Å². The third-order valence-corrected chi connectivity index (χ3v) is 2.72. The van der Waals surface area contributed by atoms with E-state index >= 15 is 0 Å². The lowest BCUT2D eigenvalue weighted by molar-refractivity contribution is -0.672. The van der Waals surface area contributed by atoms with Gasteiger partial charge >= 0.3 is 0 Å². The Morgan fingerprint density at radius 1 is 1.24 bits per heavy atom. The van der Waals surface area contributed by atoms with Crippen LogP contribution in [0.15, 0.2) is 42.9 Å². The zero-order valence-electron chi connectivity index (χ0n) is 9.28. The number of fused-ring (bicyclic) bond motifs is 1. The van der Waals surface area contributed by atoms with E-state index in [9.17, 15) is 5.21 Å². The molecule has 0 bridgehead atoms. The lowest BCUT2D eigenvalue weighted by Crippen LogP contribution is -2.30. The van der Waals surface area contributed by atoms with E-state index in [2.05, 4.69) is 0 Å². The highest BCUT2D eigenvalue weighted by molar-refractivity contribution is 5.62. The van der Waals surface area contributed by atoms with Crippen molar-refractivity contribution in [2.75, 3.05) is 5.23 Å². The summed E-state index contributed by atoms with van der Waals surface area (Å²) in [5, 5.41) is 12.2. The highest BCUT2D eigenvalue weighted by Crippen LogP contribution is 2.26. The minimum absolute atomic E-state index is 0.473. The SMILES string of the molecule is C[n+]1cn(-c2ccccc2)c2c1C=CON2[O-]. The molecule has 5 heteroatoms. The molecule has 0 unspecified atom stereocenters. The first-order valence-corrected chi connectivity index (χ1v) is 5.24. The first-order chi connectivity index (χ1) is 8.27. The van der Waals surface area contributed by atoms with Gasteiger partial charge in [0.15, 0.2) is 5.69 Å². The lowest BCUT2D eigenvalue weighted by Gasteiger charge is -2.27. The molecule has 0 amide bonds. The van der Waals surface area contributed by atoms with E-state index in [1.165, 1.54) is 6.26 Å². The highest BCUT2D eigenvalue weighted by atomic mass is 16.9. The molecule has 2 heterocycles. The third kappa shape index (κ3) is 1.48. The summed E-state index contributed by atoms with van der Waals surface area (Å²) in [4.78, 5) is 4.84. The van der Waals surface area contributed by atoms with Gasteiger partial charge in [-0.25, -0.2) is 9.79 Å². The van der Waals surface area contributed by atoms with Crippen LogP contribution in [-0.2, 0) is 11.9 Å². The Balaban J connectivity index is 2.23. The topological polar surface area (TPSA) is 44.3 Å². The molecule has 0 spiro atoms. The van der Waals surface area contributed by atoms with Crippen molar-refractivity contribution in [2.24, 2.45) is 7.05 Å². The predicted molar refractivity (Wildman–Crippen MR) is 62.9 cm³/mol. The highest BCUT2D eigenvalue weighted by Gasteiger charge is 2.25. The minimum atomic E-state index is 0.473. The van der Waals surface area contributed by atoms with Crippen molar-refractivity contribution >= 4 is 11.9 Å². The fraction of sp³-hybridized carbons (Fsp3) is 0.0833. The first kappa shape index (κ1) is 9.92. The van der Waals surface area contributed by atoms with Crippen LogP contribution in [0, 0.1) is 5.21 Å². The Labute approximate surface area is 98.3 Å². The number of aryl methyl sites for hydroxylation is 1. The average molecular weight is 229 g/mol. The van der Waals surface area contributed by atoms with E-state index in [0.717, 1.165) is 11.4 Å². The van der Waals surface area contributed by atoms with Crippen LogP contribution in [0.5, 0.6) is 0 Å². The number of rotatable bonds is 1. The number of benzene rings is 1. The molecule has 1 aromatic carbocycles. The quantitative estimate of drug-likeness (QED) is 0.696. The summed E-state index contributed by atoms with van der Waals surface area (Å²) in [6.45, 7) is 0. The normalized spacial score (nSPS) is 13.4. The monoisotopic (exact) mass is 229 g/mol. The summed E-state index contributed by atoms with van der Waals surface area (Å²) in [6, 6.07) is 9.66. The minimum Gasteiger partial charge on any atom is -0.721 e. The van der Waals surface area contributed by atoms with Crippen LogP contribution < -0.4 is 9.79 Å². The fourth-order valence-electron chi connectivity index (χ4n) is 1.92. The second kappa shape index (κ2) is 3.64. The van der Waals surface area contributed by atoms with E-state index in [1.54, 1.807) is 10.6 Å². The van der Waals surface area contributed by atoms with Gasteiger partial charge in [0.05, 0.1) is 7.05 Å². The van der Waals surface area contributed by atoms with Gasteiger partial charge in [0.2, 0.25) is 0 Å². The summed E-state index contributed by atoms with van der Waals surface area (Å²) in [5.74, 6) is 0.473. The van der Waals surface area contributed by atoms with Crippen molar-refractivity contribution in [1.82, 2.24) is 4.57 Å². The second-order valence-corrected chi connectivity index (χ2v) is 3.81. The molecule has 1 aliphatic heterocycles. The van der Waals surface area contributed by atoms with Gasteiger partial charge in [-0.2, -0.15) is 4.57 Å². The summed E-state index contributed by atoms with van der Waals surface area (Å²) in [6.07, 6.45) is 5.00. The first-order valence-electron chi connectivity index (χ1n) is 5.24.